The molecule has 1 saturated heterocycles. The summed E-state index contributed by atoms with van der Waals surface area (Å²) in [4.78, 5) is 100. The Morgan fingerprint density at radius 2 is 1.70 bits per heavy atom. The summed E-state index contributed by atoms with van der Waals surface area (Å²) < 4.78 is 43.5. The summed E-state index contributed by atoms with van der Waals surface area (Å²) in [5.41, 5.74) is 4.99. The summed E-state index contributed by atoms with van der Waals surface area (Å²) >= 11 is 4.15. The molecule has 5 N–H and O–H groups in total. The van der Waals surface area contributed by atoms with Gasteiger partial charge in [-0.15, -0.1) is 22.7 Å². The Labute approximate surface area is 520 Å². The number of carbonyl (C=O) groups excluding carboxylic acids is 5. The number of fused-ring (bicyclic) bond motifs is 2. The summed E-state index contributed by atoms with van der Waals surface area (Å²) in [5.74, 6) is -3.47. The van der Waals surface area contributed by atoms with Crippen LogP contribution in [-0.4, -0.2) is 134 Å². The number of hydrogen-bond donors (Lipinski definition) is 5. The molecule has 3 aromatic heterocycles. The Morgan fingerprint density at radius 3 is 2.45 bits per heavy atom. The van der Waals surface area contributed by atoms with Gasteiger partial charge in [0, 0.05) is 68.6 Å². The molecule has 4 aromatic carbocycles. The zero-order valence-electron chi connectivity index (χ0n) is 49.7. The highest BCUT2D eigenvalue weighted by atomic mass is 32.1. The van der Waals surface area contributed by atoms with E-state index in [2.05, 4.69) is 30.9 Å². The SMILES string of the molecule is Cc1ncsc1-c1ccc(CNC(=O)[C@@H]2C[C@@H](O)CN2C(=O)[C@@H](NC(=O)C2(F)CC2)C(C)(C)C)c(OCCCC(=O)N(C)CCCc2cccc(F)c2OCCCc2sc(N3CCc4cccc(C(=O)Nc5nc6ccccc6s5)c4C3)nc2C(=O)O)c1. The topological polar surface area (TPSA) is 246 Å². The number of likely N-dealkylation sites (tertiary alicyclic amines) is 1. The number of aromatic nitrogens is 3. The second-order valence-electron chi connectivity index (χ2n) is 23.6. The summed E-state index contributed by atoms with van der Waals surface area (Å²) in [6.45, 7) is 8.59. The molecule has 0 radical (unpaired) electrons. The van der Waals surface area contributed by atoms with Crippen molar-refractivity contribution in [3.8, 4) is 21.9 Å². The molecule has 7 aromatic rings. The Balaban J connectivity index is 0.693. The number of thiazole rings is 3. The minimum Gasteiger partial charge on any atom is -0.493 e. The van der Waals surface area contributed by atoms with Crippen molar-refractivity contribution in [1.82, 2.24) is 35.4 Å². The average molecular weight is 1260 g/mol. The molecule has 19 nitrogen and oxygen atoms in total. The van der Waals surface area contributed by atoms with Gasteiger partial charge in [-0.05, 0) is 116 Å². The number of hydrogen-bond acceptors (Lipinski definition) is 16. The monoisotopic (exact) mass is 1260 g/mol. The molecule has 5 amide bonds. The van der Waals surface area contributed by atoms with Gasteiger partial charge < -0.3 is 45.0 Å². The summed E-state index contributed by atoms with van der Waals surface area (Å²) in [5, 5.41) is 30.4. The molecule has 0 spiro atoms. The van der Waals surface area contributed by atoms with Crippen molar-refractivity contribution in [2.24, 2.45) is 5.41 Å². The van der Waals surface area contributed by atoms with E-state index in [0.29, 0.717) is 95.7 Å². The van der Waals surface area contributed by atoms with E-state index in [0.717, 1.165) is 37.5 Å². The molecular formula is C64H71F2N9O10S3. The lowest BCUT2D eigenvalue weighted by atomic mass is 9.85. The van der Waals surface area contributed by atoms with Crippen LogP contribution in [0.1, 0.15) is 119 Å². The lowest BCUT2D eigenvalue weighted by Crippen LogP contribution is -2.59. The van der Waals surface area contributed by atoms with Gasteiger partial charge in [-0.25, -0.2) is 28.5 Å². The normalized spacial score (nSPS) is 16.4. The molecule has 88 heavy (non-hydrogen) atoms. The van der Waals surface area contributed by atoms with E-state index in [-0.39, 0.29) is 75.2 Å². The fourth-order valence-electron chi connectivity index (χ4n) is 11.0. The first-order chi connectivity index (χ1) is 42.1. The van der Waals surface area contributed by atoms with E-state index in [1.807, 2.05) is 66.4 Å². The molecule has 0 unspecified atom stereocenters. The number of halogens is 2. The average Bonchev–Trinajstić information content (AvgIpc) is 2.17. The zero-order chi connectivity index (χ0) is 62.4. The number of carboxylic acids is 1. The number of amides is 5. The van der Waals surface area contributed by atoms with Gasteiger partial charge in [0.15, 0.2) is 33.2 Å². The first-order valence-corrected chi connectivity index (χ1v) is 32.0. The first kappa shape index (κ1) is 63.1. The number of carboxylic acid groups (broad SMARTS) is 1. The van der Waals surface area contributed by atoms with Crippen LogP contribution in [0, 0.1) is 18.2 Å². The van der Waals surface area contributed by atoms with Gasteiger partial charge in [-0.1, -0.05) is 80.6 Å². The van der Waals surface area contributed by atoms with E-state index < -0.39 is 58.8 Å². The van der Waals surface area contributed by atoms with Crippen molar-refractivity contribution >= 4 is 90.0 Å². The van der Waals surface area contributed by atoms with E-state index in [1.165, 1.54) is 45.0 Å². The summed E-state index contributed by atoms with van der Waals surface area (Å²) in [6.07, 6.45) is 1.94. The number of nitrogens with one attached hydrogen (secondary N) is 3. The second-order valence-corrected chi connectivity index (χ2v) is 26.6. The number of carbonyl (C=O) groups is 6. The Bertz CT molecular complexity index is 3720. The molecule has 2 aliphatic heterocycles. The Kier molecular flexibility index (Phi) is 19.5. The van der Waals surface area contributed by atoms with Crippen molar-refractivity contribution in [2.45, 2.75) is 129 Å². The number of benzene rings is 4. The highest BCUT2D eigenvalue weighted by Crippen LogP contribution is 2.41. The van der Waals surface area contributed by atoms with Crippen LogP contribution >= 0.6 is 34.0 Å². The molecule has 0 bridgehead atoms. The number of ether oxygens (including phenoxy) is 2. The van der Waals surface area contributed by atoms with Crippen LogP contribution in [0.2, 0.25) is 0 Å². The quantitative estimate of drug-likeness (QED) is 0.0335. The molecular weight excluding hydrogens is 1190 g/mol. The lowest BCUT2D eigenvalue weighted by Gasteiger charge is -2.35. The first-order valence-electron chi connectivity index (χ1n) is 29.5. The molecule has 2 fully saturated rings. The van der Waals surface area contributed by atoms with Gasteiger partial charge in [0.1, 0.15) is 17.8 Å². The zero-order valence-corrected chi connectivity index (χ0v) is 52.1. The fourth-order valence-corrected chi connectivity index (χ4v) is 13.8. The molecule has 464 valence electrons. The molecule has 3 atom stereocenters. The molecule has 5 heterocycles. The Hall–Kier alpha value is -7.93. The number of aliphatic hydroxyl groups excluding tert-OH is 1. The van der Waals surface area contributed by atoms with Crippen LogP contribution in [0.25, 0.3) is 20.7 Å². The number of aryl methyl sites for hydroxylation is 3. The number of aromatic carboxylic acids is 1. The maximum atomic E-state index is 15.4. The highest BCUT2D eigenvalue weighted by Gasteiger charge is 2.53. The third-order valence-electron chi connectivity index (χ3n) is 16.1. The molecule has 24 heteroatoms. The van der Waals surface area contributed by atoms with Crippen molar-refractivity contribution in [2.75, 3.05) is 50.1 Å². The predicted molar refractivity (Wildman–Crippen MR) is 333 cm³/mol. The largest absolute Gasteiger partial charge is 0.493 e. The van der Waals surface area contributed by atoms with Crippen molar-refractivity contribution in [3.05, 3.63) is 134 Å². The number of β-amino-alcohol motifs (C(OH)–C–C–N with tert-alkyl or cyclic N) is 1. The number of aliphatic hydroxyl groups is 1. The van der Waals surface area contributed by atoms with E-state index in [9.17, 15) is 43.4 Å². The van der Waals surface area contributed by atoms with Crippen LogP contribution in [0.4, 0.5) is 19.0 Å². The number of alkyl halides is 1. The van der Waals surface area contributed by atoms with Crippen molar-refractivity contribution < 1.29 is 57.2 Å². The molecule has 3 aliphatic rings. The van der Waals surface area contributed by atoms with E-state index >= 15 is 4.39 Å². The van der Waals surface area contributed by atoms with Gasteiger partial charge in [0.05, 0.1) is 45.6 Å². The predicted octanol–water partition coefficient (Wildman–Crippen LogP) is 9.71. The van der Waals surface area contributed by atoms with Gasteiger partial charge >= 0.3 is 5.97 Å². The van der Waals surface area contributed by atoms with Crippen molar-refractivity contribution in [1.29, 1.82) is 0 Å². The standard InChI is InChI=1S/C64H71F2N9O10S3/c1-37-54(86-36-68-37)40-22-23-41(33-67-57(79)47-32-42(76)34-75(47)58(80)55(63(2,3)4)71-60(83)64(66)25-26-64)48(31-40)84-29-12-21-51(77)73(5)27-10-15-39-14-9-17-45(65)53(39)85-30-11-20-50-52(59(81)82)70-62(88-50)74-28-24-38-13-8-16-43(44(38)35-74)56(78)72-61-69-46-18-6-7-19-49(46)87-61/h6-9,13-14,16-19,22-23,31,36,42,47,55,76H,10-12,15,20-21,24-30,32-35H2,1-5H3,(H,67,79)(H,71,83)(H,81,82)(H,69,72,78)/t42-,47+,55-/m1/s1. The summed E-state index contributed by atoms with van der Waals surface area (Å²) in [6, 6.07) is 21.4. The number of para-hydroxylation sites is 2. The van der Waals surface area contributed by atoms with Gasteiger partial charge in [-0.3, -0.25) is 29.3 Å². The smallest absolute Gasteiger partial charge is 0.355 e. The third-order valence-corrected chi connectivity index (χ3v) is 19.2. The lowest BCUT2D eigenvalue weighted by molar-refractivity contribution is -0.145. The number of rotatable bonds is 25. The molecule has 1 saturated carbocycles. The second kappa shape index (κ2) is 27.2. The Morgan fingerprint density at radius 1 is 0.920 bits per heavy atom. The third kappa shape index (κ3) is 14.8. The van der Waals surface area contributed by atoms with Gasteiger partial charge in [0.2, 0.25) is 17.7 Å². The summed E-state index contributed by atoms with van der Waals surface area (Å²) in [7, 11) is 1.71. The van der Waals surface area contributed by atoms with Crippen LogP contribution in [0.5, 0.6) is 11.5 Å². The fraction of sp³-hybridized carbons (Fsp3) is 0.422. The molecule has 1 aliphatic carbocycles. The van der Waals surface area contributed by atoms with Gasteiger partial charge in [-0.2, -0.15) is 0 Å². The highest BCUT2D eigenvalue weighted by molar-refractivity contribution is 7.22. The maximum Gasteiger partial charge on any atom is 0.355 e. The number of nitrogens with zero attached hydrogens (tertiary/aromatic N) is 6. The van der Waals surface area contributed by atoms with Crippen LogP contribution in [-0.2, 0) is 51.5 Å². The number of anilines is 2. The van der Waals surface area contributed by atoms with Crippen LogP contribution < -0.4 is 30.3 Å². The van der Waals surface area contributed by atoms with E-state index in [1.54, 1.807) is 56.4 Å². The minimum absolute atomic E-state index is 0.00540. The van der Waals surface area contributed by atoms with E-state index in [4.69, 9.17) is 9.47 Å². The minimum atomic E-state index is -2.01. The maximum absolute atomic E-state index is 15.4. The van der Waals surface area contributed by atoms with Crippen LogP contribution in [0.15, 0.2) is 84.4 Å². The van der Waals surface area contributed by atoms with Crippen molar-refractivity contribution in [3.63, 3.8) is 0 Å². The van der Waals surface area contributed by atoms with Gasteiger partial charge in [0.25, 0.3) is 11.8 Å². The van der Waals surface area contributed by atoms with Crippen LogP contribution in [0.3, 0.4) is 0 Å². The molecule has 10 rings (SSSR count).